The van der Waals surface area contributed by atoms with Gasteiger partial charge in [0.15, 0.2) is 0 Å². The zero-order valence-corrected chi connectivity index (χ0v) is 16.5. The molecule has 2 amide bonds. The summed E-state index contributed by atoms with van der Waals surface area (Å²) in [5, 5.41) is 2.87. The third-order valence-corrected chi connectivity index (χ3v) is 4.99. The third kappa shape index (κ3) is 4.27. The molecule has 30 heavy (non-hydrogen) atoms. The highest BCUT2D eigenvalue weighted by molar-refractivity contribution is 6.00. The van der Waals surface area contributed by atoms with Crippen LogP contribution in [0.15, 0.2) is 84.9 Å². The number of nitrogens with zero attached hydrogens (tertiary/aromatic N) is 1. The van der Waals surface area contributed by atoms with Crippen LogP contribution in [0.1, 0.15) is 17.2 Å². The standard InChI is InChI=1S/C24H22N2O4/c1-29-20-14-12-19(13-15-20)25-23(27)22-21(18-10-6-3-7-11-18)26(22)24(28)30-16-17-8-4-2-5-9-17/h2-15,21-22H,16H2,1H3,(H,25,27)/t21-,22+,26?/m1/s1. The summed E-state index contributed by atoms with van der Waals surface area (Å²) in [6.45, 7) is 0.157. The molecule has 0 unspecified atom stereocenters. The van der Waals surface area contributed by atoms with Crippen molar-refractivity contribution >= 4 is 17.7 Å². The molecule has 1 aliphatic heterocycles. The maximum Gasteiger partial charge on any atom is 0.411 e. The molecule has 6 heteroatoms. The number of methoxy groups -OCH3 is 1. The van der Waals surface area contributed by atoms with E-state index in [-0.39, 0.29) is 18.6 Å². The van der Waals surface area contributed by atoms with Crippen LogP contribution in [0.4, 0.5) is 10.5 Å². The largest absolute Gasteiger partial charge is 0.497 e. The summed E-state index contributed by atoms with van der Waals surface area (Å²) < 4.78 is 10.6. The molecule has 0 radical (unpaired) electrons. The minimum Gasteiger partial charge on any atom is -0.497 e. The van der Waals surface area contributed by atoms with Gasteiger partial charge in [0.05, 0.1) is 13.2 Å². The van der Waals surface area contributed by atoms with E-state index in [0.29, 0.717) is 11.4 Å². The first kappa shape index (κ1) is 19.5. The molecule has 6 nitrogen and oxygen atoms in total. The van der Waals surface area contributed by atoms with Gasteiger partial charge >= 0.3 is 6.09 Å². The fourth-order valence-electron chi connectivity index (χ4n) is 3.41. The number of carbonyl (C=O) groups is 2. The molecule has 0 aliphatic carbocycles. The molecule has 1 heterocycles. The van der Waals surface area contributed by atoms with Gasteiger partial charge in [-0.1, -0.05) is 60.7 Å². The summed E-state index contributed by atoms with van der Waals surface area (Å²) in [5.41, 5.74) is 2.42. The molecule has 2 atom stereocenters. The first-order valence-electron chi connectivity index (χ1n) is 9.66. The van der Waals surface area contributed by atoms with Gasteiger partial charge in [0.1, 0.15) is 18.4 Å². The first-order chi connectivity index (χ1) is 14.7. The van der Waals surface area contributed by atoms with E-state index in [1.807, 2.05) is 60.7 Å². The van der Waals surface area contributed by atoms with Gasteiger partial charge in [-0.2, -0.15) is 0 Å². The number of amides is 2. The molecule has 0 bridgehead atoms. The van der Waals surface area contributed by atoms with Crippen molar-refractivity contribution in [1.29, 1.82) is 0 Å². The Labute approximate surface area is 175 Å². The van der Waals surface area contributed by atoms with E-state index in [2.05, 4.69) is 5.32 Å². The van der Waals surface area contributed by atoms with Crippen LogP contribution in [0, 0.1) is 0 Å². The molecule has 0 spiro atoms. The van der Waals surface area contributed by atoms with Crippen LogP contribution in [0.3, 0.4) is 0 Å². The summed E-state index contributed by atoms with van der Waals surface area (Å²) in [6, 6.07) is 25.0. The number of hydrogen-bond donors (Lipinski definition) is 1. The van der Waals surface area contributed by atoms with Crippen molar-refractivity contribution in [1.82, 2.24) is 4.90 Å². The van der Waals surface area contributed by atoms with Crippen LogP contribution in [-0.4, -0.2) is 30.1 Å². The molecular weight excluding hydrogens is 380 g/mol. The Morgan fingerprint density at radius 2 is 1.53 bits per heavy atom. The Kier molecular flexibility index (Phi) is 5.66. The van der Waals surface area contributed by atoms with Crippen molar-refractivity contribution in [2.24, 2.45) is 0 Å². The minimum atomic E-state index is -0.627. The summed E-state index contributed by atoms with van der Waals surface area (Å²) >= 11 is 0. The van der Waals surface area contributed by atoms with Crippen LogP contribution in [-0.2, 0) is 16.1 Å². The lowest BCUT2D eigenvalue weighted by atomic mass is 10.1. The lowest BCUT2D eigenvalue weighted by Crippen LogP contribution is -2.24. The molecule has 4 rings (SSSR count). The minimum absolute atomic E-state index is 0.157. The fourth-order valence-corrected chi connectivity index (χ4v) is 3.41. The Morgan fingerprint density at radius 3 is 2.17 bits per heavy atom. The second-order valence-corrected chi connectivity index (χ2v) is 6.97. The monoisotopic (exact) mass is 402 g/mol. The van der Waals surface area contributed by atoms with E-state index >= 15 is 0 Å². The molecule has 1 aliphatic rings. The number of ether oxygens (including phenoxy) is 2. The highest BCUT2D eigenvalue weighted by atomic mass is 16.6. The number of carbonyl (C=O) groups excluding carboxylic acids is 2. The molecule has 3 aromatic carbocycles. The van der Waals surface area contributed by atoms with Gasteiger partial charge in [-0.3, -0.25) is 9.69 Å². The molecule has 0 saturated carbocycles. The van der Waals surface area contributed by atoms with Crippen molar-refractivity contribution in [2.45, 2.75) is 18.7 Å². The van der Waals surface area contributed by atoms with Gasteiger partial charge in [-0.05, 0) is 35.4 Å². The van der Waals surface area contributed by atoms with Gasteiger partial charge in [0, 0.05) is 5.69 Å². The average Bonchev–Trinajstić information content (AvgIpc) is 3.55. The Balaban J connectivity index is 1.47. The van der Waals surface area contributed by atoms with E-state index in [1.165, 1.54) is 4.90 Å². The quantitative estimate of drug-likeness (QED) is 0.621. The van der Waals surface area contributed by atoms with E-state index in [0.717, 1.165) is 11.1 Å². The van der Waals surface area contributed by atoms with E-state index in [4.69, 9.17) is 9.47 Å². The lowest BCUT2D eigenvalue weighted by molar-refractivity contribution is -0.116. The van der Waals surface area contributed by atoms with Crippen molar-refractivity contribution in [3.8, 4) is 5.75 Å². The molecule has 152 valence electrons. The summed E-state index contributed by atoms with van der Waals surface area (Å²) in [7, 11) is 1.58. The molecule has 1 fully saturated rings. The summed E-state index contributed by atoms with van der Waals surface area (Å²) in [4.78, 5) is 27.1. The Bertz CT molecular complexity index is 1010. The zero-order valence-electron chi connectivity index (χ0n) is 16.5. The van der Waals surface area contributed by atoms with Crippen molar-refractivity contribution in [3.63, 3.8) is 0 Å². The van der Waals surface area contributed by atoms with Gasteiger partial charge in [0.25, 0.3) is 0 Å². The van der Waals surface area contributed by atoms with Crippen LogP contribution in [0.25, 0.3) is 0 Å². The van der Waals surface area contributed by atoms with Gasteiger partial charge in [-0.25, -0.2) is 4.79 Å². The molecule has 3 aromatic rings. The molecular formula is C24H22N2O4. The van der Waals surface area contributed by atoms with Gasteiger partial charge in [-0.15, -0.1) is 0 Å². The second kappa shape index (κ2) is 8.69. The third-order valence-electron chi connectivity index (χ3n) is 4.99. The van der Waals surface area contributed by atoms with Crippen LogP contribution >= 0.6 is 0 Å². The zero-order chi connectivity index (χ0) is 20.9. The van der Waals surface area contributed by atoms with Crippen LogP contribution in [0.2, 0.25) is 0 Å². The maximum absolute atomic E-state index is 12.9. The topological polar surface area (TPSA) is 67.6 Å². The molecule has 0 aromatic heterocycles. The summed E-state index contributed by atoms with van der Waals surface area (Å²) in [6.07, 6.45) is -0.511. The Morgan fingerprint density at radius 1 is 0.900 bits per heavy atom. The highest BCUT2D eigenvalue weighted by Crippen LogP contribution is 2.44. The van der Waals surface area contributed by atoms with E-state index in [1.54, 1.807) is 31.4 Å². The molecule has 1 saturated heterocycles. The number of anilines is 1. The summed E-state index contributed by atoms with van der Waals surface area (Å²) in [5.74, 6) is 0.443. The van der Waals surface area contributed by atoms with Crippen molar-refractivity contribution in [2.75, 3.05) is 12.4 Å². The van der Waals surface area contributed by atoms with Crippen LogP contribution < -0.4 is 10.1 Å². The smallest absolute Gasteiger partial charge is 0.411 e. The van der Waals surface area contributed by atoms with E-state index < -0.39 is 12.1 Å². The average molecular weight is 402 g/mol. The Hall–Kier alpha value is -3.80. The normalized spacial score (nSPS) is 17.2. The fraction of sp³-hybridized carbons (Fsp3) is 0.167. The number of benzene rings is 3. The number of nitrogens with one attached hydrogen (secondary N) is 1. The number of hydrogen-bond acceptors (Lipinski definition) is 4. The first-order valence-corrected chi connectivity index (χ1v) is 9.66. The van der Waals surface area contributed by atoms with Crippen LogP contribution in [0.5, 0.6) is 5.75 Å². The predicted molar refractivity (Wildman–Crippen MR) is 113 cm³/mol. The maximum atomic E-state index is 12.9. The predicted octanol–water partition coefficient (Wildman–Crippen LogP) is 4.40. The van der Waals surface area contributed by atoms with Gasteiger partial charge in [0.2, 0.25) is 5.91 Å². The second-order valence-electron chi connectivity index (χ2n) is 6.97. The number of rotatable bonds is 6. The van der Waals surface area contributed by atoms with Crippen molar-refractivity contribution < 1.29 is 19.1 Å². The van der Waals surface area contributed by atoms with Gasteiger partial charge < -0.3 is 14.8 Å². The SMILES string of the molecule is COc1ccc(NC(=O)[C@@H]2[C@@H](c3ccccc3)N2C(=O)OCc2ccccc2)cc1. The molecule has 1 N–H and O–H groups in total. The highest BCUT2D eigenvalue weighted by Gasteiger charge is 2.57. The van der Waals surface area contributed by atoms with E-state index in [9.17, 15) is 9.59 Å². The lowest BCUT2D eigenvalue weighted by Gasteiger charge is -2.08. The van der Waals surface area contributed by atoms with Crippen molar-refractivity contribution in [3.05, 3.63) is 96.1 Å².